The van der Waals surface area contributed by atoms with E-state index < -0.39 is 0 Å². The minimum absolute atomic E-state index is 0. The van der Waals surface area contributed by atoms with Crippen molar-refractivity contribution in [1.29, 1.82) is 0 Å². The van der Waals surface area contributed by atoms with Crippen LogP contribution in [0.25, 0.3) is 0 Å². The predicted octanol–water partition coefficient (Wildman–Crippen LogP) is 0.932. The maximum absolute atomic E-state index is 2.34. The first-order valence-electron chi connectivity index (χ1n) is 6.71. The molecule has 0 aliphatic rings. The van der Waals surface area contributed by atoms with Crippen LogP contribution in [0.1, 0.15) is 31.9 Å². The van der Waals surface area contributed by atoms with Crippen LogP contribution in [0.4, 0.5) is 0 Å². The number of hydrogen-bond acceptors (Lipinski definition) is 0. The van der Waals surface area contributed by atoms with Gasteiger partial charge in [0, 0.05) is 6.42 Å². The summed E-state index contributed by atoms with van der Waals surface area (Å²) in [5.74, 6) is 0. The van der Waals surface area contributed by atoms with Gasteiger partial charge in [-0.1, -0.05) is 29.8 Å². The minimum atomic E-state index is 0. The fraction of sp³-hybridized carbons (Fsp3) is 0.500. The smallest absolute Gasteiger partial charge is 0.0915 e. The van der Waals surface area contributed by atoms with Gasteiger partial charge in [0.25, 0.3) is 0 Å². The molecule has 1 aromatic carbocycles. The van der Waals surface area contributed by atoms with E-state index in [9.17, 15) is 0 Å². The van der Waals surface area contributed by atoms with E-state index in [1.807, 2.05) is 0 Å². The predicted molar refractivity (Wildman–Crippen MR) is 75.9 cm³/mol. The summed E-state index contributed by atoms with van der Waals surface area (Å²) in [5, 5.41) is 0. The highest BCUT2D eigenvalue weighted by Crippen LogP contribution is 2.12. The van der Waals surface area contributed by atoms with Crippen LogP contribution >= 0.6 is 0 Å². The van der Waals surface area contributed by atoms with Gasteiger partial charge < -0.3 is 12.4 Å². The number of rotatable bonds is 6. The van der Waals surface area contributed by atoms with Crippen molar-refractivity contribution in [3.63, 3.8) is 0 Å². The third kappa shape index (κ3) is 4.83. The largest absolute Gasteiger partial charge is 1.00 e. The molecule has 0 N–H and O–H groups in total. The molecular formula is C16H26ClN. The van der Waals surface area contributed by atoms with Gasteiger partial charge in [-0.25, -0.2) is 0 Å². The Bertz CT molecular complexity index is 350. The summed E-state index contributed by atoms with van der Waals surface area (Å²) in [6.45, 7) is 12.4. The lowest BCUT2D eigenvalue weighted by Gasteiger charge is -2.32. The Balaban J connectivity index is 0.00000289. The molecule has 0 aliphatic heterocycles. The van der Waals surface area contributed by atoms with Crippen LogP contribution in [0.3, 0.4) is 0 Å². The van der Waals surface area contributed by atoms with E-state index in [2.05, 4.69) is 64.2 Å². The molecule has 0 unspecified atom stereocenters. The van der Waals surface area contributed by atoms with E-state index in [0.717, 1.165) is 10.9 Å². The van der Waals surface area contributed by atoms with Crippen LogP contribution in [-0.4, -0.2) is 24.1 Å². The lowest BCUT2D eigenvalue weighted by Crippen LogP contribution is -3.00. The molecular weight excluding hydrogens is 242 g/mol. The molecule has 0 radical (unpaired) electrons. The van der Waals surface area contributed by atoms with Gasteiger partial charge in [0.05, 0.1) is 25.8 Å². The van der Waals surface area contributed by atoms with Crippen molar-refractivity contribution in [3.8, 4) is 0 Å². The average Bonchev–Trinajstić information content (AvgIpc) is 2.36. The highest BCUT2D eigenvalue weighted by molar-refractivity contribution is 5.21. The zero-order valence-electron chi connectivity index (χ0n) is 12.1. The van der Waals surface area contributed by atoms with Gasteiger partial charge in [-0.3, -0.25) is 4.48 Å². The van der Waals surface area contributed by atoms with Crippen LogP contribution in [0.2, 0.25) is 0 Å². The van der Waals surface area contributed by atoms with Crippen molar-refractivity contribution in [2.75, 3.05) is 19.6 Å². The Morgan fingerprint density at radius 3 is 2.06 bits per heavy atom. The van der Waals surface area contributed by atoms with Crippen molar-refractivity contribution < 1.29 is 16.9 Å². The number of likely N-dealkylation sites (N-methyl/N-ethyl adjacent to an activating group) is 1. The summed E-state index contributed by atoms with van der Waals surface area (Å²) in [6.07, 6.45) is 5.68. The number of halogens is 1. The van der Waals surface area contributed by atoms with E-state index in [1.54, 1.807) is 0 Å². The normalized spacial score (nSPS) is 11.6. The first-order valence-corrected chi connectivity index (χ1v) is 6.71. The maximum atomic E-state index is 2.34. The third-order valence-corrected chi connectivity index (χ3v) is 3.69. The fourth-order valence-electron chi connectivity index (χ4n) is 2.25. The van der Waals surface area contributed by atoms with Crippen LogP contribution in [0.15, 0.2) is 36.5 Å². The quantitative estimate of drug-likeness (QED) is 0.673. The third-order valence-electron chi connectivity index (χ3n) is 3.69. The number of allylic oxidation sites excluding steroid dienone is 1. The van der Waals surface area contributed by atoms with Gasteiger partial charge >= 0.3 is 0 Å². The van der Waals surface area contributed by atoms with Crippen molar-refractivity contribution in [2.24, 2.45) is 0 Å². The van der Waals surface area contributed by atoms with Crippen molar-refractivity contribution >= 4 is 0 Å². The first-order chi connectivity index (χ1) is 8.15. The molecule has 18 heavy (non-hydrogen) atoms. The Morgan fingerprint density at radius 2 is 1.61 bits per heavy atom. The highest BCUT2D eigenvalue weighted by atomic mass is 35.5. The number of hydrogen-bond donors (Lipinski definition) is 0. The van der Waals surface area contributed by atoms with Crippen LogP contribution in [0, 0.1) is 6.92 Å². The summed E-state index contributed by atoms with van der Waals surface area (Å²) >= 11 is 0. The van der Waals surface area contributed by atoms with Crippen molar-refractivity contribution in [2.45, 2.75) is 34.1 Å². The molecule has 0 bridgehead atoms. The minimum Gasteiger partial charge on any atom is -1.00 e. The second-order valence-corrected chi connectivity index (χ2v) is 4.79. The molecule has 0 fully saturated rings. The number of quaternary nitrogens is 1. The molecule has 0 amide bonds. The second kappa shape index (κ2) is 8.34. The summed E-state index contributed by atoms with van der Waals surface area (Å²) in [5.41, 5.74) is 2.79. The molecule has 0 spiro atoms. The lowest BCUT2D eigenvalue weighted by atomic mass is 10.1. The number of aryl methyl sites for hydroxylation is 1. The van der Waals surface area contributed by atoms with Crippen LogP contribution < -0.4 is 12.4 Å². The number of nitrogens with zero attached hydrogens (tertiary/aromatic N) is 1. The van der Waals surface area contributed by atoms with E-state index >= 15 is 0 Å². The summed E-state index contributed by atoms with van der Waals surface area (Å²) in [6, 6.07) is 8.92. The fourth-order valence-corrected chi connectivity index (χ4v) is 2.25. The Kier molecular flexibility index (Phi) is 7.97. The Labute approximate surface area is 119 Å². The summed E-state index contributed by atoms with van der Waals surface area (Å²) in [7, 11) is 0. The van der Waals surface area contributed by atoms with Gasteiger partial charge in [0.2, 0.25) is 0 Å². The van der Waals surface area contributed by atoms with Crippen molar-refractivity contribution in [1.82, 2.24) is 0 Å². The van der Waals surface area contributed by atoms with Gasteiger partial charge in [-0.15, -0.1) is 0 Å². The monoisotopic (exact) mass is 267 g/mol. The molecule has 2 heteroatoms. The van der Waals surface area contributed by atoms with E-state index in [0.29, 0.717) is 0 Å². The van der Waals surface area contributed by atoms with Gasteiger partial charge in [-0.05, 0) is 39.3 Å². The van der Waals surface area contributed by atoms with Crippen LogP contribution in [0.5, 0.6) is 0 Å². The van der Waals surface area contributed by atoms with Crippen molar-refractivity contribution in [3.05, 3.63) is 47.7 Å². The molecule has 102 valence electrons. The number of benzene rings is 1. The van der Waals surface area contributed by atoms with Gasteiger partial charge in [0.15, 0.2) is 0 Å². The average molecular weight is 268 g/mol. The first kappa shape index (κ1) is 17.2. The van der Waals surface area contributed by atoms with E-state index in [1.165, 1.54) is 30.8 Å². The molecule has 0 aliphatic carbocycles. The molecule has 0 saturated heterocycles. The van der Waals surface area contributed by atoms with E-state index in [-0.39, 0.29) is 12.4 Å². The Hall–Kier alpha value is -0.790. The molecule has 0 saturated carbocycles. The standard InChI is InChI=1S/C16H26N.ClH/c1-5-13-17(6-2,7-3)14-12-16-10-8-15(4)9-11-16;/h5,8-11,13H,6-7,12,14H2,1-4H3;1H/q+1;/p-1. The molecule has 0 aromatic heterocycles. The molecule has 1 nitrogen and oxygen atoms in total. The summed E-state index contributed by atoms with van der Waals surface area (Å²) < 4.78 is 1.09. The van der Waals surface area contributed by atoms with Gasteiger partial charge in [0.1, 0.15) is 0 Å². The van der Waals surface area contributed by atoms with E-state index in [4.69, 9.17) is 0 Å². The maximum Gasteiger partial charge on any atom is 0.0915 e. The van der Waals surface area contributed by atoms with Gasteiger partial charge in [-0.2, -0.15) is 0 Å². The molecule has 0 heterocycles. The molecule has 1 rings (SSSR count). The highest BCUT2D eigenvalue weighted by Gasteiger charge is 2.19. The van der Waals surface area contributed by atoms with Crippen LogP contribution in [-0.2, 0) is 6.42 Å². The topological polar surface area (TPSA) is 0 Å². The molecule has 0 atom stereocenters. The SMILES string of the molecule is CC=C[N+](CC)(CC)CCc1ccc(C)cc1.[Cl-]. The second-order valence-electron chi connectivity index (χ2n) is 4.79. The Morgan fingerprint density at radius 1 is 1.06 bits per heavy atom. The summed E-state index contributed by atoms with van der Waals surface area (Å²) in [4.78, 5) is 0. The lowest BCUT2D eigenvalue weighted by molar-refractivity contribution is -0.875. The zero-order chi connectivity index (χ0) is 12.7. The molecule has 1 aromatic rings. The zero-order valence-corrected chi connectivity index (χ0v) is 12.9.